The van der Waals surface area contributed by atoms with Gasteiger partial charge in [-0.3, -0.25) is 0 Å². The van der Waals surface area contributed by atoms with Crippen LogP contribution in [0.3, 0.4) is 0 Å². The summed E-state index contributed by atoms with van der Waals surface area (Å²) in [7, 11) is 0. The lowest BCUT2D eigenvalue weighted by Crippen LogP contribution is -2.11. The van der Waals surface area contributed by atoms with Crippen LogP contribution in [0.5, 0.6) is 0 Å². The first-order valence-electron chi connectivity index (χ1n) is 6.41. The highest BCUT2D eigenvalue weighted by molar-refractivity contribution is 5.41. The molecule has 0 radical (unpaired) electrons. The van der Waals surface area contributed by atoms with Gasteiger partial charge >= 0.3 is 0 Å². The van der Waals surface area contributed by atoms with Crippen LogP contribution in [0.1, 0.15) is 44.1 Å². The van der Waals surface area contributed by atoms with Gasteiger partial charge < -0.3 is 10.5 Å². The molecule has 94 valence electrons. The van der Waals surface area contributed by atoms with Gasteiger partial charge in [0.2, 0.25) is 0 Å². The first kappa shape index (κ1) is 12.4. The minimum atomic E-state index is -0.355. The molecule has 2 N–H and O–H groups in total. The summed E-state index contributed by atoms with van der Waals surface area (Å²) in [6, 6.07) is 4.89. The van der Waals surface area contributed by atoms with Crippen molar-refractivity contribution in [1.29, 1.82) is 0 Å². The van der Waals surface area contributed by atoms with Crippen LogP contribution < -0.4 is 5.73 Å². The molecule has 1 fully saturated rings. The highest BCUT2D eigenvalue weighted by Crippen LogP contribution is 2.21. The van der Waals surface area contributed by atoms with Crippen molar-refractivity contribution in [2.45, 2.75) is 51.2 Å². The third-order valence-corrected chi connectivity index (χ3v) is 3.35. The number of rotatable bonds is 3. The molecular formula is C14H20FNO. The van der Waals surface area contributed by atoms with Crippen molar-refractivity contribution in [3.05, 3.63) is 29.6 Å². The maximum atomic E-state index is 13.2. The van der Waals surface area contributed by atoms with Gasteiger partial charge in [0.05, 0.1) is 18.4 Å². The van der Waals surface area contributed by atoms with Crippen molar-refractivity contribution in [2.24, 2.45) is 0 Å². The number of nitrogen functional groups attached to an aromatic ring is 1. The van der Waals surface area contributed by atoms with E-state index >= 15 is 0 Å². The molecule has 3 heteroatoms. The van der Waals surface area contributed by atoms with Gasteiger partial charge in [0.15, 0.2) is 0 Å². The van der Waals surface area contributed by atoms with E-state index in [9.17, 15) is 4.39 Å². The molecule has 0 aliphatic heterocycles. The monoisotopic (exact) mass is 237 g/mol. The van der Waals surface area contributed by atoms with Crippen LogP contribution in [0.25, 0.3) is 0 Å². The number of hydrogen-bond acceptors (Lipinski definition) is 2. The Morgan fingerprint density at radius 1 is 1.18 bits per heavy atom. The second kappa shape index (κ2) is 6.01. The van der Waals surface area contributed by atoms with Gasteiger partial charge in [-0.25, -0.2) is 4.39 Å². The molecule has 1 aliphatic rings. The average Bonchev–Trinajstić information content (AvgIpc) is 2.59. The minimum absolute atomic E-state index is 0.197. The second-order valence-corrected chi connectivity index (χ2v) is 4.78. The van der Waals surface area contributed by atoms with E-state index in [4.69, 9.17) is 10.5 Å². The number of halogens is 1. The molecule has 0 atom stereocenters. The largest absolute Gasteiger partial charge is 0.396 e. The lowest BCUT2D eigenvalue weighted by molar-refractivity contribution is 0.0309. The smallest absolute Gasteiger partial charge is 0.146 e. The van der Waals surface area contributed by atoms with Gasteiger partial charge in [-0.15, -0.1) is 0 Å². The molecule has 1 aromatic rings. The highest BCUT2D eigenvalue weighted by atomic mass is 19.1. The van der Waals surface area contributed by atoms with E-state index in [0.29, 0.717) is 12.7 Å². The molecule has 2 nitrogen and oxygen atoms in total. The summed E-state index contributed by atoms with van der Waals surface area (Å²) in [5, 5.41) is 0. The molecule has 2 rings (SSSR count). The van der Waals surface area contributed by atoms with Crippen molar-refractivity contribution in [2.75, 3.05) is 5.73 Å². The Kier molecular flexibility index (Phi) is 4.37. The molecule has 1 aliphatic carbocycles. The Bertz CT molecular complexity index is 359. The number of anilines is 1. The number of nitrogens with two attached hydrogens (primary N) is 1. The maximum absolute atomic E-state index is 13.2. The van der Waals surface area contributed by atoms with Crippen molar-refractivity contribution in [3.63, 3.8) is 0 Å². The number of benzene rings is 1. The first-order chi connectivity index (χ1) is 8.25. The fourth-order valence-corrected chi connectivity index (χ4v) is 2.28. The molecule has 1 saturated carbocycles. The Balaban J connectivity index is 1.85. The number of hydrogen-bond donors (Lipinski definition) is 1. The van der Waals surface area contributed by atoms with Crippen molar-refractivity contribution in [3.8, 4) is 0 Å². The molecule has 0 aromatic heterocycles. The van der Waals surface area contributed by atoms with Crippen LogP contribution in [0, 0.1) is 5.82 Å². The standard InChI is InChI=1S/C14H20FNO/c15-13-9-11(7-8-14(13)16)10-17-12-5-3-1-2-4-6-12/h7-9,12H,1-6,10,16H2. The molecule has 0 heterocycles. The van der Waals surface area contributed by atoms with Gasteiger partial charge in [-0.1, -0.05) is 31.7 Å². The van der Waals surface area contributed by atoms with E-state index in [0.717, 1.165) is 18.4 Å². The SMILES string of the molecule is Nc1ccc(COC2CCCCCC2)cc1F. The fourth-order valence-electron chi connectivity index (χ4n) is 2.28. The van der Waals surface area contributed by atoms with Gasteiger partial charge in [-0.05, 0) is 30.5 Å². The van der Waals surface area contributed by atoms with Crippen LogP contribution in [0.2, 0.25) is 0 Å². The molecule has 0 unspecified atom stereocenters. The van der Waals surface area contributed by atoms with Crippen molar-refractivity contribution in [1.82, 2.24) is 0 Å². The molecule has 0 amide bonds. The third-order valence-electron chi connectivity index (χ3n) is 3.35. The predicted molar refractivity (Wildman–Crippen MR) is 67.1 cm³/mol. The van der Waals surface area contributed by atoms with Crippen LogP contribution in [-0.4, -0.2) is 6.10 Å². The zero-order valence-corrected chi connectivity index (χ0v) is 10.1. The molecule has 1 aromatic carbocycles. The summed E-state index contributed by atoms with van der Waals surface area (Å²) in [5.41, 5.74) is 6.49. The Morgan fingerprint density at radius 2 is 1.88 bits per heavy atom. The molecular weight excluding hydrogens is 217 g/mol. The van der Waals surface area contributed by atoms with E-state index < -0.39 is 0 Å². The van der Waals surface area contributed by atoms with Crippen LogP contribution in [0.15, 0.2) is 18.2 Å². The summed E-state index contributed by atoms with van der Waals surface area (Å²) < 4.78 is 19.1. The zero-order valence-electron chi connectivity index (χ0n) is 10.1. The lowest BCUT2D eigenvalue weighted by atomic mass is 10.1. The van der Waals surface area contributed by atoms with Crippen LogP contribution in [-0.2, 0) is 11.3 Å². The van der Waals surface area contributed by atoms with E-state index in [1.807, 2.05) is 6.07 Å². The van der Waals surface area contributed by atoms with E-state index in [2.05, 4.69) is 0 Å². The summed E-state index contributed by atoms with van der Waals surface area (Å²) in [6.07, 6.45) is 7.75. The molecule has 0 spiro atoms. The quantitative estimate of drug-likeness (QED) is 0.643. The molecule has 0 saturated heterocycles. The van der Waals surface area contributed by atoms with Crippen LogP contribution in [0.4, 0.5) is 10.1 Å². The number of ether oxygens (including phenoxy) is 1. The van der Waals surface area contributed by atoms with E-state index in [1.54, 1.807) is 6.07 Å². The average molecular weight is 237 g/mol. The summed E-state index contributed by atoms with van der Waals surface area (Å²) in [4.78, 5) is 0. The van der Waals surface area contributed by atoms with E-state index in [-0.39, 0.29) is 11.5 Å². The maximum Gasteiger partial charge on any atom is 0.146 e. The van der Waals surface area contributed by atoms with Gasteiger partial charge in [0.1, 0.15) is 5.82 Å². The van der Waals surface area contributed by atoms with Crippen molar-refractivity contribution < 1.29 is 9.13 Å². The van der Waals surface area contributed by atoms with Gasteiger partial charge in [0.25, 0.3) is 0 Å². The topological polar surface area (TPSA) is 35.2 Å². The Hall–Kier alpha value is -1.09. The summed E-state index contributed by atoms with van der Waals surface area (Å²) in [5.74, 6) is -0.355. The van der Waals surface area contributed by atoms with Gasteiger partial charge in [0, 0.05) is 0 Å². The second-order valence-electron chi connectivity index (χ2n) is 4.78. The minimum Gasteiger partial charge on any atom is -0.396 e. The Morgan fingerprint density at radius 3 is 2.53 bits per heavy atom. The van der Waals surface area contributed by atoms with Crippen molar-refractivity contribution >= 4 is 5.69 Å². The van der Waals surface area contributed by atoms with E-state index in [1.165, 1.54) is 31.7 Å². The zero-order chi connectivity index (χ0) is 12.1. The third kappa shape index (κ3) is 3.70. The lowest BCUT2D eigenvalue weighted by Gasteiger charge is -2.15. The fraction of sp³-hybridized carbons (Fsp3) is 0.571. The molecule has 0 bridgehead atoms. The highest BCUT2D eigenvalue weighted by Gasteiger charge is 2.12. The van der Waals surface area contributed by atoms with Crippen LogP contribution >= 0.6 is 0 Å². The molecule has 17 heavy (non-hydrogen) atoms. The Labute approximate surface area is 102 Å². The van der Waals surface area contributed by atoms with Gasteiger partial charge in [-0.2, -0.15) is 0 Å². The summed E-state index contributed by atoms with van der Waals surface area (Å²) >= 11 is 0. The normalized spacial score (nSPS) is 17.9. The first-order valence-corrected chi connectivity index (χ1v) is 6.41. The predicted octanol–water partition coefficient (Wildman–Crippen LogP) is 3.65. The summed E-state index contributed by atoms with van der Waals surface area (Å²) in [6.45, 7) is 0.488.